The summed E-state index contributed by atoms with van der Waals surface area (Å²) >= 11 is 0. The molecule has 0 unspecified atom stereocenters. The monoisotopic (exact) mass is 452 g/mol. The zero-order chi connectivity index (χ0) is 23.3. The topological polar surface area (TPSA) is 92.3 Å². The summed E-state index contributed by atoms with van der Waals surface area (Å²) in [6, 6.07) is 17.6. The van der Waals surface area contributed by atoms with Crippen molar-refractivity contribution >= 4 is 39.8 Å². The number of aromatic nitrogens is 3. The van der Waals surface area contributed by atoms with Crippen LogP contribution in [0.3, 0.4) is 0 Å². The van der Waals surface area contributed by atoms with Crippen LogP contribution in [0.2, 0.25) is 0 Å². The van der Waals surface area contributed by atoms with E-state index in [9.17, 15) is 4.79 Å². The Morgan fingerprint density at radius 1 is 1.06 bits per heavy atom. The van der Waals surface area contributed by atoms with Crippen molar-refractivity contribution in [2.75, 3.05) is 41.8 Å². The zero-order valence-electron chi connectivity index (χ0n) is 18.6. The molecule has 0 bridgehead atoms. The number of morpholine rings is 1. The molecule has 5 rings (SSSR count). The van der Waals surface area contributed by atoms with Gasteiger partial charge in [-0.25, -0.2) is 9.97 Å². The number of hydrogen-bond acceptors (Lipinski definition) is 7. The van der Waals surface area contributed by atoms with Crippen LogP contribution in [0.1, 0.15) is 0 Å². The van der Waals surface area contributed by atoms with E-state index in [1.165, 1.54) is 6.08 Å². The molecule has 34 heavy (non-hydrogen) atoms. The number of pyridine rings is 1. The molecular formula is C26H24N6O2. The van der Waals surface area contributed by atoms with Gasteiger partial charge < -0.3 is 20.3 Å². The fourth-order valence-corrected chi connectivity index (χ4v) is 3.95. The quantitative estimate of drug-likeness (QED) is 0.419. The highest BCUT2D eigenvalue weighted by molar-refractivity contribution is 5.99. The Hall–Kier alpha value is -4.30. The number of carbonyl (C=O) groups excluding carboxylic acids is 1. The number of para-hydroxylation sites is 3. The third kappa shape index (κ3) is 4.57. The van der Waals surface area contributed by atoms with Gasteiger partial charge in [-0.2, -0.15) is 0 Å². The minimum absolute atomic E-state index is 0.275. The molecule has 0 radical (unpaired) electrons. The predicted octanol–water partition coefficient (Wildman–Crippen LogP) is 4.40. The van der Waals surface area contributed by atoms with Gasteiger partial charge in [0.05, 0.1) is 35.8 Å². The number of nitrogens with zero attached hydrogens (tertiary/aromatic N) is 4. The van der Waals surface area contributed by atoms with E-state index in [1.807, 2.05) is 42.5 Å². The summed E-state index contributed by atoms with van der Waals surface area (Å²) in [5.41, 5.74) is 4.98. The van der Waals surface area contributed by atoms with Gasteiger partial charge in [0.15, 0.2) is 0 Å². The van der Waals surface area contributed by atoms with Crippen molar-refractivity contribution in [2.24, 2.45) is 0 Å². The van der Waals surface area contributed by atoms with E-state index in [2.05, 4.69) is 38.1 Å². The standard InChI is InChI=1S/C26H24N6O2/c1-2-24(33)29-19-10-11-27-22(16-19)20-7-5-6-18-17-28-26(31-25(18)20)30-21-8-3-4-9-23(21)32-12-14-34-15-13-32/h2-11,16-17H,1,12-15H2,(H,27,29,33)(H,28,30,31). The first-order valence-electron chi connectivity index (χ1n) is 11.1. The van der Waals surface area contributed by atoms with E-state index in [0.717, 1.165) is 40.9 Å². The Morgan fingerprint density at radius 3 is 2.76 bits per heavy atom. The maximum absolute atomic E-state index is 11.7. The van der Waals surface area contributed by atoms with Crippen LogP contribution in [0.25, 0.3) is 22.2 Å². The molecule has 1 aliphatic rings. The number of benzene rings is 2. The minimum atomic E-state index is -0.275. The van der Waals surface area contributed by atoms with E-state index >= 15 is 0 Å². The van der Waals surface area contributed by atoms with Crippen LogP contribution in [0.15, 0.2) is 79.6 Å². The number of nitrogens with one attached hydrogen (secondary N) is 2. The Kier molecular flexibility index (Phi) is 6.13. The summed E-state index contributed by atoms with van der Waals surface area (Å²) in [6.45, 7) is 6.60. The molecule has 8 nitrogen and oxygen atoms in total. The van der Waals surface area contributed by atoms with Crippen LogP contribution in [0.5, 0.6) is 0 Å². The summed E-state index contributed by atoms with van der Waals surface area (Å²) in [7, 11) is 0. The second kappa shape index (κ2) is 9.68. The number of ether oxygens (including phenoxy) is 1. The van der Waals surface area contributed by atoms with Gasteiger partial charge >= 0.3 is 0 Å². The summed E-state index contributed by atoms with van der Waals surface area (Å²) < 4.78 is 5.50. The number of hydrogen-bond donors (Lipinski definition) is 2. The molecule has 1 saturated heterocycles. The molecular weight excluding hydrogens is 428 g/mol. The average Bonchev–Trinajstić information content (AvgIpc) is 2.89. The fraction of sp³-hybridized carbons (Fsp3) is 0.154. The number of amides is 1. The highest BCUT2D eigenvalue weighted by Crippen LogP contribution is 2.31. The normalized spacial score (nSPS) is 13.5. The highest BCUT2D eigenvalue weighted by atomic mass is 16.5. The first-order chi connectivity index (χ1) is 16.7. The largest absolute Gasteiger partial charge is 0.378 e. The van der Waals surface area contributed by atoms with Crippen molar-refractivity contribution in [1.29, 1.82) is 0 Å². The van der Waals surface area contributed by atoms with Crippen molar-refractivity contribution in [3.05, 3.63) is 79.6 Å². The van der Waals surface area contributed by atoms with Crippen molar-refractivity contribution in [2.45, 2.75) is 0 Å². The van der Waals surface area contributed by atoms with Gasteiger partial charge in [-0.1, -0.05) is 36.9 Å². The first-order valence-corrected chi connectivity index (χ1v) is 11.1. The van der Waals surface area contributed by atoms with E-state index in [4.69, 9.17) is 9.72 Å². The molecule has 2 aromatic carbocycles. The van der Waals surface area contributed by atoms with Crippen molar-refractivity contribution in [3.8, 4) is 11.3 Å². The summed E-state index contributed by atoms with van der Waals surface area (Å²) in [5.74, 6) is 0.222. The molecule has 2 aromatic heterocycles. The van der Waals surface area contributed by atoms with Crippen LogP contribution in [0.4, 0.5) is 23.0 Å². The van der Waals surface area contributed by atoms with Crippen LogP contribution in [-0.4, -0.2) is 47.2 Å². The molecule has 0 atom stereocenters. The predicted molar refractivity (Wildman–Crippen MR) is 134 cm³/mol. The Balaban J connectivity index is 1.50. The van der Waals surface area contributed by atoms with Crippen molar-refractivity contribution < 1.29 is 9.53 Å². The maximum Gasteiger partial charge on any atom is 0.247 e. The molecule has 4 aromatic rings. The first kappa shape index (κ1) is 21.5. The molecule has 0 saturated carbocycles. The van der Waals surface area contributed by atoms with E-state index in [0.29, 0.717) is 30.5 Å². The van der Waals surface area contributed by atoms with Gasteiger partial charge in [0, 0.05) is 42.1 Å². The lowest BCUT2D eigenvalue weighted by atomic mass is 10.1. The Bertz CT molecular complexity index is 1350. The maximum atomic E-state index is 11.7. The summed E-state index contributed by atoms with van der Waals surface area (Å²) in [5, 5.41) is 7.06. The lowest BCUT2D eigenvalue weighted by Crippen LogP contribution is -2.36. The van der Waals surface area contributed by atoms with Crippen molar-refractivity contribution in [3.63, 3.8) is 0 Å². The zero-order valence-corrected chi connectivity index (χ0v) is 18.6. The molecule has 170 valence electrons. The molecule has 1 fully saturated rings. The van der Waals surface area contributed by atoms with Crippen LogP contribution >= 0.6 is 0 Å². The van der Waals surface area contributed by atoms with Gasteiger partial charge in [0.1, 0.15) is 0 Å². The smallest absolute Gasteiger partial charge is 0.247 e. The molecule has 1 aliphatic heterocycles. The van der Waals surface area contributed by atoms with Crippen LogP contribution in [-0.2, 0) is 9.53 Å². The third-order valence-corrected chi connectivity index (χ3v) is 5.60. The van der Waals surface area contributed by atoms with E-state index in [-0.39, 0.29) is 5.91 Å². The Labute approximate surface area is 197 Å². The second-order valence-corrected chi connectivity index (χ2v) is 7.80. The number of fused-ring (bicyclic) bond motifs is 1. The molecule has 0 aliphatic carbocycles. The van der Waals surface area contributed by atoms with Gasteiger partial charge in [-0.15, -0.1) is 0 Å². The molecule has 3 heterocycles. The molecule has 2 N–H and O–H groups in total. The minimum Gasteiger partial charge on any atom is -0.378 e. The second-order valence-electron chi connectivity index (χ2n) is 7.80. The van der Waals surface area contributed by atoms with E-state index in [1.54, 1.807) is 18.5 Å². The number of carbonyl (C=O) groups is 1. The number of anilines is 4. The number of rotatable bonds is 6. The van der Waals surface area contributed by atoms with Crippen molar-refractivity contribution in [1.82, 2.24) is 15.0 Å². The van der Waals surface area contributed by atoms with Crippen LogP contribution < -0.4 is 15.5 Å². The third-order valence-electron chi connectivity index (χ3n) is 5.60. The van der Waals surface area contributed by atoms with Gasteiger partial charge in [-0.3, -0.25) is 9.78 Å². The molecule has 8 heteroatoms. The Morgan fingerprint density at radius 2 is 1.91 bits per heavy atom. The summed E-state index contributed by atoms with van der Waals surface area (Å²) in [4.78, 5) is 27.9. The van der Waals surface area contributed by atoms with E-state index < -0.39 is 0 Å². The van der Waals surface area contributed by atoms with Gasteiger partial charge in [-0.05, 0) is 30.3 Å². The lowest BCUT2D eigenvalue weighted by molar-refractivity contribution is -0.111. The van der Waals surface area contributed by atoms with Crippen LogP contribution in [0, 0.1) is 0 Å². The van der Waals surface area contributed by atoms with Gasteiger partial charge in [0.2, 0.25) is 11.9 Å². The summed E-state index contributed by atoms with van der Waals surface area (Å²) in [6.07, 6.45) is 4.69. The lowest BCUT2D eigenvalue weighted by Gasteiger charge is -2.30. The fourth-order valence-electron chi connectivity index (χ4n) is 3.95. The SMILES string of the molecule is C=CC(=O)Nc1ccnc(-c2cccc3cnc(Nc4ccccc4N4CCOCC4)nc23)c1. The van der Waals surface area contributed by atoms with Gasteiger partial charge in [0.25, 0.3) is 0 Å². The molecule has 0 spiro atoms. The highest BCUT2D eigenvalue weighted by Gasteiger charge is 2.16. The molecule has 1 amide bonds. The average molecular weight is 453 g/mol.